The van der Waals surface area contributed by atoms with E-state index in [1.54, 1.807) is 13.8 Å². The third kappa shape index (κ3) is 4.42. The van der Waals surface area contributed by atoms with Crippen molar-refractivity contribution in [2.45, 2.75) is 20.4 Å². The van der Waals surface area contributed by atoms with E-state index in [0.717, 1.165) is 22.9 Å². The van der Waals surface area contributed by atoms with Crippen LogP contribution in [0.1, 0.15) is 13.8 Å². The number of carbonyl (C=O) groups is 1. The average Bonchev–Trinajstić information content (AvgIpc) is 2.46. The van der Waals surface area contributed by atoms with Crippen molar-refractivity contribution in [3.63, 3.8) is 0 Å². The SMILES string of the molecule is CCN(CC(C)C#N)C(=O)Cn1cc([N+](=O)[O-])ccc1=O. The van der Waals surface area contributed by atoms with Crippen molar-refractivity contribution in [1.29, 1.82) is 5.26 Å². The van der Waals surface area contributed by atoms with Gasteiger partial charge in [-0.15, -0.1) is 0 Å². The minimum absolute atomic E-state index is 0.254. The molecule has 1 aromatic rings. The molecular formula is C13H16N4O4. The van der Waals surface area contributed by atoms with Crippen LogP contribution in [-0.2, 0) is 11.3 Å². The van der Waals surface area contributed by atoms with Gasteiger partial charge in [-0.05, 0) is 13.8 Å². The Balaban J connectivity index is 2.91. The van der Waals surface area contributed by atoms with Crippen molar-refractivity contribution in [3.8, 4) is 6.07 Å². The second-order valence-electron chi connectivity index (χ2n) is 4.57. The topological polar surface area (TPSA) is 109 Å². The van der Waals surface area contributed by atoms with Gasteiger partial charge >= 0.3 is 0 Å². The molecule has 0 bridgehead atoms. The highest BCUT2D eigenvalue weighted by molar-refractivity contribution is 5.76. The summed E-state index contributed by atoms with van der Waals surface area (Å²) in [4.78, 5) is 35.2. The van der Waals surface area contributed by atoms with E-state index < -0.39 is 10.5 Å². The highest BCUT2D eigenvalue weighted by Gasteiger charge is 2.17. The zero-order valence-electron chi connectivity index (χ0n) is 11.9. The van der Waals surface area contributed by atoms with Crippen LogP contribution in [0.15, 0.2) is 23.1 Å². The van der Waals surface area contributed by atoms with Crippen LogP contribution in [0.5, 0.6) is 0 Å². The number of carbonyl (C=O) groups excluding carboxylic acids is 1. The van der Waals surface area contributed by atoms with Gasteiger partial charge in [-0.1, -0.05) is 0 Å². The van der Waals surface area contributed by atoms with Gasteiger partial charge in [0, 0.05) is 25.2 Å². The summed E-state index contributed by atoms with van der Waals surface area (Å²) in [6.07, 6.45) is 1.04. The Morgan fingerprint density at radius 2 is 2.24 bits per heavy atom. The summed E-state index contributed by atoms with van der Waals surface area (Å²) in [7, 11) is 0. The lowest BCUT2D eigenvalue weighted by molar-refractivity contribution is -0.385. The van der Waals surface area contributed by atoms with Gasteiger partial charge in [0.15, 0.2) is 0 Å². The van der Waals surface area contributed by atoms with Crippen molar-refractivity contribution in [3.05, 3.63) is 38.8 Å². The first kappa shape index (κ1) is 16.4. The number of nitriles is 1. The van der Waals surface area contributed by atoms with E-state index in [-0.39, 0.29) is 30.6 Å². The fourth-order valence-corrected chi connectivity index (χ4v) is 1.77. The van der Waals surface area contributed by atoms with E-state index in [1.165, 1.54) is 4.90 Å². The number of nitrogens with zero attached hydrogens (tertiary/aromatic N) is 4. The maximum Gasteiger partial charge on any atom is 0.285 e. The van der Waals surface area contributed by atoms with Crippen molar-refractivity contribution < 1.29 is 9.72 Å². The van der Waals surface area contributed by atoms with E-state index in [4.69, 9.17) is 5.26 Å². The fraction of sp³-hybridized carbons (Fsp3) is 0.462. The first-order chi connectivity index (χ1) is 9.88. The van der Waals surface area contributed by atoms with Crippen LogP contribution >= 0.6 is 0 Å². The number of hydrogen-bond acceptors (Lipinski definition) is 5. The molecule has 0 saturated carbocycles. The lowest BCUT2D eigenvalue weighted by atomic mass is 10.2. The average molecular weight is 292 g/mol. The molecule has 0 N–H and O–H groups in total. The van der Waals surface area contributed by atoms with Gasteiger partial charge in [-0.25, -0.2) is 0 Å². The zero-order chi connectivity index (χ0) is 16.0. The molecule has 1 heterocycles. The van der Waals surface area contributed by atoms with E-state index in [0.29, 0.717) is 6.54 Å². The quantitative estimate of drug-likeness (QED) is 0.568. The van der Waals surface area contributed by atoms with Gasteiger partial charge in [0.05, 0.1) is 23.1 Å². The number of amides is 1. The zero-order valence-corrected chi connectivity index (χ0v) is 11.9. The highest BCUT2D eigenvalue weighted by Crippen LogP contribution is 2.07. The molecule has 1 atom stereocenters. The first-order valence-corrected chi connectivity index (χ1v) is 6.41. The molecule has 0 spiro atoms. The van der Waals surface area contributed by atoms with Crippen molar-refractivity contribution in [2.24, 2.45) is 5.92 Å². The predicted molar refractivity (Wildman–Crippen MR) is 74.4 cm³/mol. The molecule has 8 heteroatoms. The van der Waals surface area contributed by atoms with E-state index >= 15 is 0 Å². The van der Waals surface area contributed by atoms with Gasteiger partial charge in [0.25, 0.3) is 11.2 Å². The maximum absolute atomic E-state index is 12.1. The van der Waals surface area contributed by atoms with Crippen LogP contribution < -0.4 is 5.56 Å². The molecule has 0 aliphatic rings. The molecule has 0 saturated heterocycles. The summed E-state index contributed by atoms with van der Waals surface area (Å²) in [5.41, 5.74) is -0.742. The number of pyridine rings is 1. The molecule has 8 nitrogen and oxygen atoms in total. The van der Waals surface area contributed by atoms with Gasteiger partial charge in [0.2, 0.25) is 5.91 Å². The third-order valence-electron chi connectivity index (χ3n) is 2.93. The van der Waals surface area contributed by atoms with Gasteiger partial charge in [-0.3, -0.25) is 24.3 Å². The molecule has 1 unspecified atom stereocenters. The largest absolute Gasteiger partial charge is 0.340 e. The number of nitro groups is 1. The van der Waals surface area contributed by atoms with Crippen LogP contribution in [0.3, 0.4) is 0 Å². The molecule has 0 aromatic carbocycles. The second-order valence-corrected chi connectivity index (χ2v) is 4.57. The Labute approximate surface area is 121 Å². The Morgan fingerprint density at radius 1 is 1.57 bits per heavy atom. The summed E-state index contributed by atoms with van der Waals surface area (Å²) in [6.45, 7) is 3.82. The molecule has 0 fully saturated rings. The molecule has 0 aliphatic heterocycles. The number of likely N-dealkylation sites (N-methyl/N-ethyl adjacent to an activating group) is 1. The summed E-state index contributed by atoms with van der Waals surface area (Å²) < 4.78 is 1.00. The van der Waals surface area contributed by atoms with Crippen LogP contribution in [0.2, 0.25) is 0 Å². The van der Waals surface area contributed by atoms with Crippen molar-refractivity contribution >= 4 is 11.6 Å². The molecule has 0 radical (unpaired) electrons. The fourth-order valence-electron chi connectivity index (χ4n) is 1.77. The van der Waals surface area contributed by atoms with Gasteiger partial charge in [0.1, 0.15) is 6.54 Å². The van der Waals surface area contributed by atoms with Crippen LogP contribution in [0.25, 0.3) is 0 Å². The van der Waals surface area contributed by atoms with Crippen LogP contribution in [0.4, 0.5) is 5.69 Å². The Kier molecular flexibility index (Phi) is 5.60. The minimum Gasteiger partial charge on any atom is -0.340 e. The molecular weight excluding hydrogens is 276 g/mol. The van der Waals surface area contributed by atoms with Crippen molar-refractivity contribution in [1.82, 2.24) is 9.47 Å². The minimum atomic E-state index is -0.629. The Morgan fingerprint density at radius 3 is 2.76 bits per heavy atom. The van der Waals surface area contributed by atoms with E-state index in [1.807, 2.05) is 6.07 Å². The molecule has 1 rings (SSSR count). The summed E-state index contributed by atoms with van der Waals surface area (Å²) in [6, 6.07) is 4.18. The summed E-state index contributed by atoms with van der Waals surface area (Å²) >= 11 is 0. The molecule has 1 amide bonds. The number of rotatable bonds is 6. The summed E-state index contributed by atoms with van der Waals surface area (Å²) in [5.74, 6) is -0.682. The standard InChI is InChI=1S/C13H16N4O4/c1-3-15(7-10(2)6-14)13(19)9-16-8-11(17(20)21)4-5-12(16)18/h4-5,8,10H,3,7,9H2,1-2H3. The lowest BCUT2D eigenvalue weighted by Gasteiger charge is -2.22. The summed E-state index contributed by atoms with van der Waals surface area (Å²) in [5, 5.41) is 19.5. The smallest absolute Gasteiger partial charge is 0.285 e. The van der Waals surface area contributed by atoms with Crippen LogP contribution in [0, 0.1) is 27.4 Å². The predicted octanol–water partition coefficient (Wildman–Crippen LogP) is 0.765. The van der Waals surface area contributed by atoms with Gasteiger partial charge in [-0.2, -0.15) is 5.26 Å². The molecule has 1 aromatic heterocycles. The maximum atomic E-state index is 12.1. The van der Waals surface area contributed by atoms with Gasteiger partial charge < -0.3 is 4.90 Å². The first-order valence-electron chi connectivity index (χ1n) is 6.41. The van der Waals surface area contributed by atoms with Crippen LogP contribution in [-0.4, -0.2) is 33.4 Å². The van der Waals surface area contributed by atoms with Crippen molar-refractivity contribution in [2.75, 3.05) is 13.1 Å². The Bertz CT molecular complexity index is 632. The molecule has 0 aliphatic carbocycles. The second kappa shape index (κ2) is 7.19. The third-order valence-corrected chi connectivity index (χ3v) is 2.93. The number of hydrogen-bond donors (Lipinski definition) is 0. The van der Waals surface area contributed by atoms with E-state index in [2.05, 4.69) is 0 Å². The normalized spacial score (nSPS) is 11.5. The molecule has 21 heavy (non-hydrogen) atoms. The lowest BCUT2D eigenvalue weighted by Crippen LogP contribution is -2.38. The monoisotopic (exact) mass is 292 g/mol. The number of aromatic nitrogens is 1. The highest BCUT2D eigenvalue weighted by atomic mass is 16.6. The Hall–Kier alpha value is -2.69. The van der Waals surface area contributed by atoms with E-state index in [9.17, 15) is 19.7 Å². The molecule has 112 valence electrons.